The summed E-state index contributed by atoms with van der Waals surface area (Å²) >= 11 is 0. The van der Waals surface area contributed by atoms with Gasteiger partial charge in [-0.2, -0.15) is 0 Å². The van der Waals surface area contributed by atoms with Gasteiger partial charge in [-0.25, -0.2) is 0 Å². The van der Waals surface area contributed by atoms with E-state index in [-0.39, 0.29) is 0 Å². The maximum atomic E-state index is 6.05. The second-order valence-corrected chi connectivity index (χ2v) is 5.83. The Kier molecular flexibility index (Phi) is 5.80. The van der Waals surface area contributed by atoms with Crippen LogP contribution in [0.25, 0.3) is 0 Å². The van der Waals surface area contributed by atoms with Gasteiger partial charge in [0.2, 0.25) is 0 Å². The minimum atomic E-state index is 0.512. The summed E-state index contributed by atoms with van der Waals surface area (Å²) in [6, 6.07) is 4.66. The molecule has 0 amide bonds. The third-order valence-corrected chi connectivity index (χ3v) is 4.41. The minimum absolute atomic E-state index is 0.512. The van der Waals surface area contributed by atoms with Gasteiger partial charge in [-0.15, -0.1) is 0 Å². The second kappa shape index (κ2) is 7.61. The molecule has 3 heteroatoms. The molecule has 1 aromatic rings. The molecule has 1 fully saturated rings. The largest absolute Gasteiger partial charge is 0.329 e. The van der Waals surface area contributed by atoms with Gasteiger partial charge in [-0.05, 0) is 37.4 Å². The molecular formula is C16H27N3. The highest BCUT2D eigenvalue weighted by Crippen LogP contribution is 2.27. The van der Waals surface area contributed by atoms with Gasteiger partial charge in [-0.1, -0.05) is 31.7 Å². The van der Waals surface area contributed by atoms with E-state index in [4.69, 9.17) is 5.73 Å². The van der Waals surface area contributed by atoms with Crippen molar-refractivity contribution in [2.75, 3.05) is 13.6 Å². The average molecular weight is 261 g/mol. The molecule has 0 spiro atoms. The summed E-state index contributed by atoms with van der Waals surface area (Å²) in [5, 5.41) is 0. The van der Waals surface area contributed by atoms with Crippen molar-refractivity contribution in [2.45, 2.75) is 51.1 Å². The standard InChI is InChI=1S/C16H27N3/c1-19(13-14-7-6-10-18-12-14)16(11-17)15-8-4-2-3-5-9-15/h6-7,10,12,15-16H,2-5,8-9,11,13,17H2,1H3. The highest BCUT2D eigenvalue weighted by Gasteiger charge is 2.24. The van der Waals surface area contributed by atoms with Gasteiger partial charge in [0.05, 0.1) is 0 Å². The van der Waals surface area contributed by atoms with Crippen molar-refractivity contribution in [3.63, 3.8) is 0 Å². The molecule has 1 atom stereocenters. The van der Waals surface area contributed by atoms with Crippen LogP contribution in [0.4, 0.5) is 0 Å². The van der Waals surface area contributed by atoms with Crippen LogP contribution in [0.2, 0.25) is 0 Å². The summed E-state index contributed by atoms with van der Waals surface area (Å²) in [6.45, 7) is 1.72. The first kappa shape index (κ1) is 14.5. The number of hydrogen-bond acceptors (Lipinski definition) is 3. The molecule has 3 nitrogen and oxygen atoms in total. The Morgan fingerprint density at radius 2 is 2.05 bits per heavy atom. The van der Waals surface area contributed by atoms with Crippen LogP contribution in [-0.4, -0.2) is 29.5 Å². The number of nitrogens with zero attached hydrogens (tertiary/aromatic N) is 2. The quantitative estimate of drug-likeness (QED) is 0.829. The van der Waals surface area contributed by atoms with E-state index < -0.39 is 0 Å². The van der Waals surface area contributed by atoms with Crippen LogP contribution in [0.15, 0.2) is 24.5 Å². The summed E-state index contributed by atoms with van der Waals surface area (Å²) in [6.07, 6.45) is 12.0. The van der Waals surface area contributed by atoms with Crippen molar-refractivity contribution < 1.29 is 0 Å². The third-order valence-electron chi connectivity index (χ3n) is 4.41. The first-order chi connectivity index (χ1) is 9.31. The zero-order valence-corrected chi connectivity index (χ0v) is 12.1. The molecule has 1 aliphatic carbocycles. The van der Waals surface area contributed by atoms with E-state index in [0.717, 1.165) is 19.0 Å². The van der Waals surface area contributed by atoms with E-state index in [9.17, 15) is 0 Å². The summed E-state index contributed by atoms with van der Waals surface area (Å²) in [7, 11) is 2.20. The zero-order chi connectivity index (χ0) is 13.5. The topological polar surface area (TPSA) is 42.2 Å². The van der Waals surface area contributed by atoms with Crippen LogP contribution in [0.5, 0.6) is 0 Å². The fourth-order valence-electron chi connectivity index (χ4n) is 3.32. The van der Waals surface area contributed by atoms with Crippen molar-refractivity contribution >= 4 is 0 Å². The fraction of sp³-hybridized carbons (Fsp3) is 0.688. The van der Waals surface area contributed by atoms with Gasteiger partial charge in [0.15, 0.2) is 0 Å². The van der Waals surface area contributed by atoms with E-state index >= 15 is 0 Å². The molecule has 0 radical (unpaired) electrons. The molecule has 0 aromatic carbocycles. The van der Waals surface area contributed by atoms with Crippen LogP contribution in [0, 0.1) is 5.92 Å². The van der Waals surface area contributed by atoms with Crippen LogP contribution in [0.1, 0.15) is 44.1 Å². The van der Waals surface area contributed by atoms with Crippen LogP contribution in [0.3, 0.4) is 0 Å². The van der Waals surface area contributed by atoms with E-state index in [1.54, 1.807) is 0 Å². The smallest absolute Gasteiger partial charge is 0.0312 e. The lowest BCUT2D eigenvalue weighted by Gasteiger charge is -2.33. The molecule has 1 saturated carbocycles. The first-order valence-electron chi connectivity index (χ1n) is 7.60. The maximum Gasteiger partial charge on any atom is 0.0312 e. The van der Waals surface area contributed by atoms with Gasteiger partial charge in [0.1, 0.15) is 0 Å². The van der Waals surface area contributed by atoms with Gasteiger partial charge >= 0.3 is 0 Å². The first-order valence-corrected chi connectivity index (χ1v) is 7.60. The maximum absolute atomic E-state index is 6.05. The second-order valence-electron chi connectivity index (χ2n) is 5.83. The molecule has 2 rings (SSSR count). The Balaban J connectivity index is 1.95. The number of pyridine rings is 1. The molecule has 1 aromatic heterocycles. The highest BCUT2D eigenvalue weighted by molar-refractivity contribution is 5.08. The SMILES string of the molecule is CN(Cc1cccnc1)C(CN)C1CCCCCC1. The minimum Gasteiger partial charge on any atom is -0.329 e. The van der Waals surface area contributed by atoms with Crippen molar-refractivity contribution in [1.82, 2.24) is 9.88 Å². The Hall–Kier alpha value is -0.930. The molecule has 0 saturated heterocycles. The lowest BCUT2D eigenvalue weighted by atomic mass is 9.90. The molecule has 19 heavy (non-hydrogen) atoms. The molecule has 1 unspecified atom stereocenters. The van der Waals surface area contributed by atoms with E-state index in [2.05, 4.69) is 23.0 Å². The van der Waals surface area contributed by atoms with Crippen LogP contribution >= 0.6 is 0 Å². The molecule has 1 aliphatic rings. The summed E-state index contributed by atoms with van der Waals surface area (Å²) in [5.74, 6) is 0.772. The molecule has 106 valence electrons. The number of likely N-dealkylation sites (N-methyl/N-ethyl adjacent to an activating group) is 1. The molecular weight excluding hydrogens is 234 g/mol. The van der Waals surface area contributed by atoms with Crippen molar-refractivity contribution in [2.24, 2.45) is 11.7 Å². The number of hydrogen-bond donors (Lipinski definition) is 1. The van der Waals surface area contributed by atoms with Gasteiger partial charge in [0.25, 0.3) is 0 Å². The molecule has 0 aliphatic heterocycles. The average Bonchev–Trinajstić information content (AvgIpc) is 2.70. The van der Waals surface area contributed by atoms with Crippen molar-refractivity contribution in [3.8, 4) is 0 Å². The highest BCUT2D eigenvalue weighted by atomic mass is 15.1. The normalized spacial score (nSPS) is 19.3. The monoisotopic (exact) mass is 261 g/mol. The van der Waals surface area contributed by atoms with E-state index in [1.807, 2.05) is 18.5 Å². The van der Waals surface area contributed by atoms with E-state index in [0.29, 0.717) is 6.04 Å². The predicted molar refractivity (Wildman–Crippen MR) is 79.7 cm³/mol. The van der Waals surface area contributed by atoms with Gasteiger partial charge in [-0.3, -0.25) is 9.88 Å². The van der Waals surface area contributed by atoms with E-state index in [1.165, 1.54) is 44.1 Å². The summed E-state index contributed by atoms with van der Waals surface area (Å²) in [4.78, 5) is 6.62. The van der Waals surface area contributed by atoms with Crippen LogP contribution < -0.4 is 5.73 Å². The molecule has 0 bridgehead atoms. The predicted octanol–water partition coefficient (Wildman–Crippen LogP) is 2.81. The zero-order valence-electron chi connectivity index (χ0n) is 12.1. The number of rotatable bonds is 5. The Morgan fingerprint density at radius 3 is 2.63 bits per heavy atom. The number of nitrogens with two attached hydrogens (primary N) is 1. The van der Waals surface area contributed by atoms with Crippen LogP contribution in [-0.2, 0) is 6.54 Å². The van der Waals surface area contributed by atoms with Gasteiger partial charge in [0, 0.05) is 31.5 Å². The summed E-state index contributed by atoms with van der Waals surface area (Å²) in [5.41, 5.74) is 7.33. The molecule has 1 heterocycles. The third kappa shape index (κ3) is 4.29. The molecule has 2 N–H and O–H groups in total. The fourth-order valence-corrected chi connectivity index (χ4v) is 3.32. The van der Waals surface area contributed by atoms with Crippen molar-refractivity contribution in [1.29, 1.82) is 0 Å². The lowest BCUT2D eigenvalue weighted by Crippen LogP contribution is -2.43. The number of aromatic nitrogens is 1. The Bertz CT molecular complexity index is 344. The lowest BCUT2D eigenvalue weighted by molar-refractivity contribution is 0.160. The van der Waals surface area contributed by atoms with Crippen molar-refractivity contribution in [3.05, 3.63) is 30.1 Å². The summed E-state index contributed by atoms with van der Waals surface area (Å²) < 4.78 is 0. The Labute approximate surface area is 117 Å². The Morgan fingerprint density at radius 1 is 1.32 bits per heavy atom. The van der Waals surface area contributed by atoms with Gasteiger partial charge < -0.3 is 5.73 Å².